The Hall–Kier alpha value is -1.28. The van der Waals surface area contributed by atoms with Gasteiger partial charge in [0.25, 0.3) is 5.24 Å². The normalized spacial score (nSPS) is 10.6. The van der Waals surface area contributed by atoms with Gasteiger partial charge in [-0.2, -0.15) is 15.0 Å². The van der Waals surface area contributed by atoms with Gasteiger partial charge in [-0.05, 0) is 44.2 Å². The number of aromatic nitrogens is 3. The second-order valence-electron chi connectivity index (χ2n) is 7.06. The van der Waals surface area contributed by atoms with Crippen molar-refractivity contribution in [2.24, 2.45) is 11.8 Å². The summed E-state index contributed by atoms with van der Waals surface area (Å²) >= 11 is 9.56. The molecule has 1 aromatic rings. The van der Waals surface area contributed by atoms with Crippen LogP contribution in [-0.4, -0.2) is 50.8 Å². The molecule has 0 spiro atoms. The van der Waals surface area contributed by atoms with Gasteiger partial charge in [0.15, 0.2) is 0 Å². The van der Waals surface area contributed by atoms with Crippen LogP contribution in [0.5, 0.6) is 0 Å². The largest absolute Gasteiger partial charge is 0.354 e. The van der Waals surface area contributed by atoms with Crippen molar-refractivity contribution in [2.45, 2.75) is 54.5 Å². The van der Waals surface area contributed by atoms with E-state index >= 15 is 0 Å². The standard InChI is InChI=1S/C9H19NOS.C8H14ClN5/c1-7(2)5-10(9(11)12)6-8(3)4;1-4-10-7-12-6(9)13-8(14-7)11-5(2)3/h7-8H,5-6H2,1-4H3,(H,11,12);5H,4H2,1-3H3,(H2,10,11,12,13,14). The summed E-state index contributed by atoms with van der Waals surface area (Å²) in [5.41, 5.74) is 0. The zero-order valence-electron chi connectivity index (χ0n) is 16.9. The van der Waals surface area contributed by atoms with Gasteiger partial charge in [0.1, 0.15) is 0 Å². The zero-order chi connectivity index (χ0) is 20.3. The number of anilines is 2. The van der Waals surface area contributed by atoms with E-state index in [1.165, 1.54) is 0 Å². The quantitative estimate of drug-likeness (QED) is 0.556. The molecule has 9 heteroatoms. The van der Waals surface area contributed by atoms with Gasteiger partial charge in [0, 0.05) is 25.7 Å². The number of carbonyl (C=O) groups is 1. The van der Waals surface area contributed by atoms with Crippen molar-refractivity contribution in [2.75, 3.05) is 30.3 Å². The summed E-state index contributed by atoms with van der Waals surface area (Å²) in [7, 11) is 0. The Morgan fingerprint density at radius 1 is 1.04 bits per heavy atom. The molecular formula is C17H33ClN6OS. The summed E-state index contributed by atoms with van der Waals surface area (Å²) in [5, 5.41) is 6.11. The second-order valence-corrected chi connectivity index (χ2v) is 7.78. The molecule has 1 aromatic heterocycles. The highest BCUT2D eigenvalue weighted by molar-refractivity contribution is 7.96. The fourth-order valence-corrected chi connectivity index (χ4v) is 2.35. The van der Waals surface area contributed by atoms with Gasteiger partial charge in [-0.15, -0.1) is 0 Å². The molecule has 0 aliphatic rings. The summed E-state index contributed by atoms with van der Waals surface area (Å²) < 4.78 is 0. The van der Waals surface area contributed by atoms with E-state index in [0.29, 0.717) is 23.7 Å². The molecule has 0 saturated carbocycles. The Kier molecular flexibility index (Phi) is 12.3. The highest BCUT2D eigenvalue weighted by Gasteiger charge is 2.12. The Bertz CT molecular complexity index is 532. The fraction of sp³-hybridized carbons (Fsp3) is 0.765. The maximum atomic E-state index is 11.0. The average molecular weight is 405 g/mol. The third-order valence-electron chi connectivity index (χ3n) is 2.80. The number of hydrogen-bond donors (Lipinski definition) is 3. The Balaban J connectivity index is 0.000000488. The van der Waals surface area contributed by atoms with Crippen LogP contribution in [0, 0.1) is 11.8 Å². The minimum atomic E-state index is -0.114. The van der Waals surface area contributed by atoms with Gasteiger partial charge in [-0.3, -0.25) is 4.79 Å². The van der Waals surface area contributed by atoms with Crippen LogP contribution >= 0.6 is 24.2 Å². The molecule has 2 N–H and O–H groups in total. The molecule has 0 bridgehead atoms. The Morgan fingerprint density at radius 2 is 1.54 bits per heavy atom. The third-order valence-corrected chi connectivity index (χ3v) is 3.25. The predicted molar refractivity (Wildman–Crippen MR) is 113 cm³/mol. The maximum Gasteiger partial charge on any atom is 0.278 e. The van der Waals surface area contributed by atoms with E-state index in [1.807, 2.05) is 20.8 Å². The van der Waals surface area contributed by atoms with E-state index in [1.54, 1.807) is 4.90 Å². The van der Waals surface area contributed by atoms with Crippen molar-refractivity contribution >= 4 is 41.4 Å². The molecule has 0 fully saturated rings. The molecule has 0 saturated heterocycles. The minimum Gasteiger partial charge on any atom is -0.354 e. The van der Waals surface area contributed by atoms with Gasteiger partial charge in [0.05, 0.1) is 0 Å². The molecule has 7 nitrogen and oxygen atoms in total. The SMILES string of the molecule is CC(C)CN(CC(C)C)C(=O)S.CCNc1nc(Cl)nc(NC(C)C)n1. The second kappa shape index (κ2) is 13.0. The molecule has 0 aromatic carbocycles. The Labute approximate surface area is 168 Å². The van der Waals surface area contributed by atoms with Crippen molar-refractivity contribution in [1.29, 1.82) is 0 Å². The first-order valence-corrected chi connectivity index (χ1v) is 9.77. The van der Waals surface area contributed by atoms with Crippen LogP contribution in [0.4, 0.5) is 16.7 Å². The summed E-state index contributed by atoms with van der Waals surface area (Å²) in [5.74, 6) is 2.02. The smallest absolute Gasteiger partial charge is 0.278 e. The average Bonchev–Trinajstić information content (AvgIpc) is 2.45. The number of carbonyl (C=O) groups excluding carboxylic acids is 1. The van der Waals surface area contributed by atoms with Crippen LogP contribution in [0.25, 0.3) is 0 Å². The molecule has 0 radical (unpaired) electrons. The van der Waals surface area contributed by atoms with Crippen LogP contribution < -0.4 is 10.6 Å². The van der Waals surface area contributed by atoms with Crippen molar-refractivity contribution in [3.05, 3.63) is 5.28 Å². The van der Waals surface area contributed by atoms with Crippen LogP contribution in [0.3, 0.4) is 0 Å². The number of nitrogens with zero attached hydrogens (tertiary/aromatic N) is 4. The number of rotatable bonds is 8. The van der Waals surface area contributed by atoms with Crippen molar-refractivity contribution in [3.63, 3.8) is 0 Å². The number of hydrogen-bond acceptors (Lipinski definition) is 6. The van der Waals surface area contributed by atoms with Crippen LogP contribution in [-0.2, 0) is 0 Å². The molecule has 1 amide bonds. The molecule has 150 valence electrons. The number of amides is 1. The highest BCUT2D eigenvalue weighted by Crippen LogP contribution is 2.10. The highest BCUT2D eigenvalue weighted by atomic mass is 35.5. The van der Waals surface area contributed by atoms with Gasteiger partial charge >= 0.3 is 0 Å². The minimum absolute atomic E-state index is 0.114. The van der Waals surface area contributed by atoms with Gasteiger partial charge in [0.2, 0.25) is 17.2 Å². The van der Waals surface area contributed by atoms with Crippen molar-refractivity contribution in [1.82, 2.24) is 19.9 Å². The van der Waals surface area contributed by atoms with Crippen molar-refractivity contribution in [3.8, 4) is 0 Å². The molecule has 0 aliphatic heterocycles. The van der Waals surface area contributed by atoms with Gasteiger partial charge < -0.3 is 15.5 Å². The lowest BCUT2D eigenvalue weighted by Gasteiger charge is -2.24. The van der Waals surface area contributed by atoms with Gasteiger partial charge in [-0.25, -0.2) is 0 Å². The predicted octanol–water partition coefficient (Wildman–Crippen LogP) is 4.43. The number of nitrogens with one attached hydrogen (secondary N) is 2. The third kappa shape index (κ3) is 12.1. The Morgan fingerprint density at radius 3 is 1.92 bits per heavy atom. The van der Waals surface area contributed by atoms with E-state index < -0.39 is 0 Å². The lowest BCUT2D eigenvalue weighted by molar-refractivity contribution is 0.208. The van der Waals surface area contributed by atoms with Gasteiger partial charge in [-0.1, -0.05) is 40.3 Å². The van der Waals surface area contributed by atoms with E-state index in [0.717, 1.165) is 19.6 Å². The van der Waals surface area contributed by atoms with Crippen LogP contribution in [0.2, 0.25) is 5.28 Å². The molecule has 0 aliphatic carbocycles. The summed E-state index contributed by atoms with van der Waals surface area (Å²) in [4.78, 5) is 24.8. The monoisotopic (exact) mass is 404 g/mol. The van der Waals surface area contributed by atoms with Crippen LogP contribution in [0.15, 0.2) is 0 Å². The lowest BCUT2D eigenvalue weighted by Crippen LogP contribution is -2.33. The molecule has 0 atom stereocenters. The van der Waals surface area contributed by atoms with E-state index in [9.17, 15) is 4.79 Å². The molecule has 0 unspecified atom stereocenters. The first-order chi connectivity index (χ1) is 12.0. The molecule has 26 heavy (non-hydrogen) atoms. The zero-order valence-corrected chi connectivity index (χ0v) is 18.5. The molecular weight excluding hydrogens is 372 g/mol. The maximum absolute atomic E-state index is 11.0. The lowest BCUT2D eigenvalue weighted by atomic mass is 10.1. The fourth-order valence-electron chi connectivity index (χ4n) is 2.02. The summed E-state index contributed by atoms with van der Waals surface area (Å²) in [6.07, 6.45) is 0. The number of thiol groups is 1. The van der Waals surface area contributed by atoms with E-state index in [2.05, 4.69) is 65.9 Å². The van der Waals surface area contributed by atoms with Crippen LogP contribution in [0.1, 0.15) is 48.5 Å². The van der Waals surface area contributed by atoms with E-state index in [4.69, 9.17) is 11.6 Å². The first-order valence-electron chi connectivity index (χ1n) is 8.94. The summed E-state index contributed by atoms with van der Waals surface area (Å²) in [6, 6.07) is 0.267. The molecule has 1 rings (SSSR count). The van der Waals surface area contributed by atoms with E-state index in [-0.39, 0.29) is 16.6 Å². The topological polar surface area (TPSA) is 83.0 Å². The summed E-state index contributed by atoms with van der Waals surface area (Å²) in [6.45, 7) is 16.7. The number of halogens is 1. The molecule has 1 heterocycles. The first kappa shape index (κ1) is 24.7. The van der Waals surface area contributed by atoms with Crippen molar-refractivity contribution < 1.29 is 4.79 Å².